The number of nitrogens with two attached hydrogens (primary N) is 1. The largest absolute Gasteiger partial charge is 0.475 e. The highest BCUT2D eigenvalue weighted by molar-refractivity contribution is 9.10. The molecule has 2 rings (SSSR count). The van der Waals surface area contributed by atoms with E-state index in [0.29, 0.717) is 20.8 Å². The molecule has 0 aliphatic heterocycles. The molecule has 1 unspecified atom stereocenters. The van der Waals surface area contributed by atoms with Crippen LogP contribution in [0, 0.1) is 0 Å². The lowest BCUT2D eigenvalue weighted by Crippen LogP contribution is -2.37. The lowest BCUT2D eigenvalue weighted by Gasteiger charge is -2.18. The van der Waals surface area contributed by atoms with E-state index >= 15 is 0 Å². The number of hydrazine groups is 1. The normalized spacial score (nSPS) is 11.8. The molecule has 104 valence electrons. The molecule has 0 heterocycles. The Kier molecular flexibility index (Phi) is 5.00. The Balaban J connectivity index is 2.31. The number of hydrogen-bond acceptors (Lipinski definition) is 3. The molecule has 0 aromatic heterocycles. The smallest absolute Gasteiger partial charge is 0.279 e. The highest BCUT2D eigenvalue weighted by Crippen LogP contribution is 2.31. The molecule has 0 saturated heterocycles. The van der Waals surface area contributed by atoms with Gasteiger partial charge in [0.15, 0.2) is 0 Å². The van der Waals surface area contributed by atoms with Crippen LogP contribution in [0.1, 0.15) is 11.7 Å². The molecular weight excluding hydrogens is 344 g/mol. The Morgan fingerprint density at radius 2 is 1.95 bits per heavy atom. The summed E-state index contributed by atoms with van der Waals surface area (Å²) in [7, 11) is 0. The molecule has 0 saturated carbocycles. The van der Waals surface area contributed by atoms with Gasteiger partial charge in [0.2, 0.25) is 6.10 Å². The minimum atomic E-state index is -0.835. The zero-order chi connectivity index (χ0) is 14.5. The van der Waals surface area contributed by atoms with Gasteiger partial charge in [-0.05, 0) is 34.1 Å². The van der Waals surface area contributed by atoms with E-state index in [1.165, 1.54) is 0 Å². The van der Waals surface area contributed by atoms with Crippen molar-refractivity contribution in [2.24, 2.45) is 5.84 Å². The first-order valence-corrected chi connectivity index (χ1v) is 6.96. The molecule has 1 atom stereocenters. The van der Waals surface area contributed by atoms with Crippen molar-refractivity contribution >= 4 is 33.4 Å². The molecule has 0 fully saturated rings. The molecule has 3 N–H and O–H groups in total. The molecule has 0 bridgehead atoms. The molecule has 2 aromatic rings. The highest BCUT2D eigenvalue weighted by atomic mass is 79.9. The molecule has 0 aliphatic rings. The zero-order valence-corrected chi connectivity index (χ0v) is 12.7. The zero-order valence-electron chi connectivity index (χ0n) is 10.3. The lowest BCUT2D eigenvalue weighted by molar-refractivity contribution is -0.128. The summed E-state index contributed by atoms with van der Waals surface area (Å²) in [5, 5.41) is 0.573. The maximum atomic E-state index is 11.9. The van der Waals surface area contributed by atoms with Crippen LogP contribution in [0.3, 0.4) is 0 Å². The third-order valence-electron chi connectivity index (χ3n) is 2.62. The quantitative estimate of drug-likeness (QED) is 0.503. The van der Waals surface area contributed by atoms with E-state index in [9.17, 15) is 4.79 Å². The van der Waals surface area contributed by atoms with Crippen molar-refractivity contribution in [3.05, 3.63) is 63.6 Å². The van der Waals surface area contributed by atoms with Crippen molar-refractivity contribution in [3.63, 3.8) is 0 Å². The second-order valence-corrected chi connectivity index (χ2v) is 5.28. The highest BCUT2D eigenvalue weighted by Gasteiger charge is 2.22. The van der Waals surface area contributed by atoms with Crippen molar-refractivity contribution < 1.29 is 9.53 Å². The number of carbonyl (C=O) groups excluding carboxylic acids is 1. The Hall–Kier alpha value is -1.56. The van der Waals surface area contributed by atoms with E-state index in [-0.39, 0.29) is 0 Å². The fourth-order valence-corrected chi connectivity index (χ4v) is 2.45. The third kappa shape index (κ3) is 3.50. The van der Waals surface area contributed by atoms with Crippen molar-refractivity contribution in [3.8, 4) is 5.75 Å². The molecule has 6 heteroatoms. The number of rotatable bonds is 4. The van der Waals surface area contributed by atoms with Gasteiger partial charge in [0.1, 0.15) is 5.75 Å². The summed E-state index contributed by atoms with van der Waals surface area (Å²) >= 11 is 9.22. The first-order chi connectivity index (χ1) is 9.61. The van der Waals surface area contributed by atoms with Gasteiger partial charge in [0.25, 0.3) is 5.91 Å². The van der Waals surface area contributed by atoms with Gasteiger partial charge >= 0.3 is 0 Å². The van der Waals surface area contributed by atoms with Crippen LogP contribution >= 0.6 is 27.5 Å². The number of halogens is 2. The van der Waals surface area contributed by atoms with Crippen LogP contribution in [0.4, 0.5) is 0 Å². The van der Waals surface area contributed by atoms with Gasteiger partial charge < -0.3 is 4.74 Å². The molecule has 0 spiro atoms. The van der Waals surface area contributed by atoms with E-state index in [2.05, 4.69) is 21.4 Å². The third-order valence-corrected chi connectivity index (χ3v) is 3.48. The summed E-state index contributed by atoms with van der Waals surface area (Å²) in [6.45, 7) is 0. The average molecular weight is 356 g/mol. The summed E-state index contributed by atoms with van der Waals surface area (Å²) in [6.07, 6.45) is -0.835. The second-order valence-electron chi connectivity index (χ2n) is 3.99. The monoisotopic (exact) mass is 354 g/mol. The van der Waals surface area contributed by atoms with Crippen molar-refractivity contribution in [1.82, 2.24) is 5.43 Å². The standard InChI is InChI=1S/C14H12BrClN2O2/c15-11-8-10(16)6-7-12(11)20-13(14(19)18-17)9-4-2-1-3-5-9/h1-8,13H,17H2,(H,18,19). The van der Waals surface area contributed by atoms with Crippen LogP contribution in [0.25, 0.3) is 0 Å². The van der Waals surface area contributed by atoms with Crippen LogP contribution < -0.4 is 16.0 Å². The topological polar surface area (TPSA) is 64.3 Å². The van der Waals surface area contributed by atoms with Crippen LogP contribution in [-0.4, -0.2) is 5.91 Å². The number of amides is 1. The molecular formula is C14H12BrClN2O2. The Morgan fingerprint density at radius 3 is 2.55 bits per heavy atom. The maximum absolute atomic E-state index is 11.9. The number of ether oxygens (including phenoxy) is 1. The summed E-state index contributed by atoms with van der Waals surface area (Å²) in [5.41, 5.74) is 2.82. The number of nitrogens with one attached hydrogen (secondary N) is 1. The van der Waals surface area contributed by atoms with E-state index in [1.54, 1.807) is 30.3 Å². The average Bonchev–Trinajstić information content (AvgIpc) is 2.46. The Morgan fingerprint density at radius 1 is 1.25 bits per heavy atom. The van der Waals surface area contributed by atoms with Gasteiger partial charge in [-0.25, -0.2) is 5.84 Å². The molecule has 0 radical (unpaired) electrons. The lowest BCUT2D eigenvalue weighted by atomic mass is 10.1. The minimum absolute atomic E-state index is 0.432. The Bertz CT molecular complexity index is 607. The van der Waals surface area contributed by atoms with Crippen molar-refractivity contribution in [2.45, 2.75) is 6.10 Å². The summed E-state index contributed by atoms with van der Waals surface area (Å²) in [5.74, 6) is 5.29. The summed E-state index contributed by atoms with van der Waals surface area (Å²) < 4.78 is 6.40. The van der Waals surface area contributed by atoms with Crippen LogP contribution in [0.2, 0.25) is 5.02 Å². The minimum Gasteiger partial charge on any atom is -0.475 e. The Labute approximate surface area is 130 Å². The van der Waals surface area contributed by atoms with Crippen LogP contribution in [-0.2, 0) is 4.79 Å². The van der Waals surface area contributed by atoms with Gasteiger partial charge in [-0.1, -0.05) is 41.9 Å². The van der Waals surface area contributed by atoms with Crippen LogP contribution in [0.15, 0.2) is 53.0 Å². The van der Waals surface area contributed by atoms with Crippen molar-refractivity contribution in [2.75, 3.05) is 0 Å². The molecule has 4 nitrogen and oxygen atoms in total. The van der Waals surface area contributed by atoms with Gasteiger partial charge in [-0.2, -0.15) is 0 Å². The fraction of sp³-hybridized carbons (Fsp3) is 0.0714. The summed E-state index contributed by atoms with van der Waals surface area (Å²) in [4.78, 5) is 11.9. The molecule has 20 heavy (non-hydrogen) atoms. The predicted molar refractivity (Wildman–Crippen MR) is 81.3 cm³/mol. The molecule has 2 aromatic carbocycles. The van der Waals surface area contributed by atoms with E-state index in [1.807, 2.05) is 18.2 Å². The van der Waals surface area contributed by atoms with Gasteiger partial charge in [-0.3, -0.25) is 10.2 Å². The predicted octanol–water partition coefficient (Wildman–Crippen LogP) is 3.21. The molecule has 1 amide bonds. The SMILES string of the molecule is NNC(=O)C(Oc1ccc(Cl)cc1Br)c1ccccc1. The van der Waals surface area contributed by atoms with Crippen LogP contribution in [0.5, 0.6) is 5.75 Å². The van der Waals surface area contributed by atoms with Crippen molar-refractivity contribution in [1.29, 1.82) is 0 Å². The number of carbonyl (C=O) groups is 1. The van der Waals surface area contributed by atoms with Gasteiger partial charge in [0, 0.05) is 10.6 Å². The van der Waals surface area contributed by atoms with Gasteiger partial charge in [-0.15, -0.1) is 0 Å². The van der Waals surface area contributed by atoms with E-state index in [4.69, 9.17) is 22.2 Å². The fourth-order valence-electron chi connectivity index (χ4n) is 1.67. The first-order valence-electron chi connectivity index (χ1n) is 5.79. The van der Waals surface area contributed by atoms with Gasteiger partial charge in [0.05, 0.1) is 4.47 Å². The first kappa shape index (κ1) is 14.8. The number of benzene rings is 2. The summed E-state index contributed by atoms with van der Waals surface area (Å²) in [6, 6.07) is 14.2. The van der Waals surface area contributed by atoms with E-state index in [0.717, 1.165) is 0 Å². The molecule has 0 aliphatic carbocycles. The maximum Gasteiger partial charge on any atom is 0.279 e. The van der Waals surface area contributed by atoms with E-state index < -0.39 is 12.0 Å². The number of hydrogen-bond donors (Lipinski definition) is 2. The second kappa shape index (κ2) is 6.74.